The molecule has 0 aliphatic carbocycles. The van der Waals surface area contributed by atoms with Crippen LogP contribution in [0.25, 0.3) is 0 Å². The van der Waals surface area contributed by atoms with E-state index in [1.165, 1.54) is 4.68 Å². The third-order valence-electron chi connectivity index (χ3n) is 3.23. The molecule has 1 atom stereocenters. The van der Waals surface area contributed by atoms with Crippen LogP contribution in [0.15, 0.2) is 0 Å². The summed E-state index contributed by atoms with van der Waals surface area (Å²) in [5, 5.41) is 13.9. The molecule has 0 spiro atoms. The largest absolute Gasteiger partial charge is 0.248 e. The van der Waals surface area contributed by atoms with Crippen LogP contribution in [0, 0.1) is 11.3 Å². The molecule has 7 heteroatoms. The van der Waals surface area contributed by atoms with E-state index >= 15 is 0 Å². The van der Waals surface area contributed by atoms with Crippen molar-refractivity contribution in [2.75, 3.05) is 11.5 Å². The van der Waals surface area contributed by atoms with Gasteiger partial charge in [-0.2, -0.15) is 10.4 Å². The molecule has 1 unspecified atom stereocenters. The smallest absolute Gasteiger partial charge is 0.152 e. The van der Waals surface area contributed by atoms with Crippen molar-refractivity contribution in [3.8, 4) is 6.07 Å². The van der Waals surface area contributed by atoms with Gasteiger partial charge in [-0.3, -0.25) is 0 Å². The van der Waals surface area contributed by atoms with Crippen molar-refractivity contribution in [3.05, 3.63) is 16.4 Å². The van der Waals surface area contributed by atoms with Crippen molar-refractivity contribution < 1.29 is 8.42 Å². The highest BCUT2D eigenvalue weighted by molar-refractivity contribution is 7.91. The van der Waals surface area contributed by atoms with E-state index in [4.69, 9.17) is 11.6 Å². The number of rotatable bonds is 1. The molecular formula is C12H16ClN3O2S. The summed E-state index contributed by atoms with van der Waals surface area (Å²) >= 11 is 6.19. The van der Waals surface area contributed by atoms with E-state index in [2.05, 4.69) is 11.2 Å². The summed E-state index contributed by atoms with van der Waals surface area (Å²) < 4.78 is 24.6. The maximum absolute atomic E-state index is 11.5. The zero-order valence-corrected chi connectivity index (χ0v) is 12.7. The van der Waals surface area contributed by atoms with Crippen LogP contribution in [0.1, 0.15) is 44.5 Å². The Balaban J connectivity index is 2.50. The highest BCUT2D eigenvalue weighted by Gasteiger charge is 2.34. The lowest BCUT2D eigenvalue weighted by Gasteiger charge is -2.15. The molecule has 0 aromatic carbocycles. The molecule has 1 aromatic rings. The van der Waals surface area contributed by atoms with E-state index < -0.39 is 9.84 Å². The van der Waals surface area contributed by atoms with E-state index in [9.17, 15) is 13.7 Å². The third kappa shape index (κ3) is 2.63. The maximum atomic E-state index is 11.5. The molecule has 104 valence electrons. The van der Waals surface area contributed by atoms with Crippen molar-refractivity contribution in [2.45, 2.75) is 38.6 Å². The lowest BCUT2D eigenvalue weighted by molar-refractivity contribution is 0.474. The normalized spacial score (nSPS) is 22.4. The number of nitriles is 1. The summed E-state index contributed by atoms with van der Waals surface area (Å²) in [6.07, 6.45) is 0.498. The van der Waals surface area contributed by atoms with Gasteiger partial charge in [0.15, 0.2) is 9.84 Å². The van der Waals surface area contributed by atoms with Crippen LogP contribution in [-0.2, 0) is 15.3 Å². The summed E-state index contributed by atoms with van der Waals surface area (Å²) in [6.45, 7) is 5.84. The molecule has 0 bridgehead atoms. The maximum Gasteiger partial charge on any atom is 0.152 e. The molecule has 2 heterocycles. The first kappa shape index (κ1) is 14.4. The summed E-state index contributed by atoms with van der Waals surface area (Å²) in [4.78, 5) is 0. The lowest BCUT2D eigenvalue weighted by atomic mass is 9.90. The van der Waals surface area contributed by atoms with Gasteiger partial charge < -0.3 is 0 Å². The van der Waals surface area contributed by atoms with Gasteiger partial charge in [0, 0.05) is 5.41 Å². The Labute approximate surface area is 118 Å². The van der Waals surface area contributed by atoms with Gasteiger partial charge in [-0.15, -0.1) is 0 Å². The average Bonchev–Trinajstić information content (AvgIpc) is 2.77. The standard InChI is InChI=1S/C12H16ClN3O2S/c1-12(2,3)10-9(6-14)11(13)16(15-10)8-4-5-19(17,18)7-8/h8H,4-5,7H2,1-3H3. The third-order valence-corrected chi connectivity index (χ3v) is 5.34. The quantitative estimate of drug-likeness (QED) is 0.795. The highest BCUT2D eigenvalue weighted by atomic mass is 35.5. The van der Waals surface area contributed by atoms with Crippen molar-refractivity contribution in [1.29, 1.82) is 5.26 Å². The number of aromatic nitrogens is 2. The minimum atomic E-state index is -3.01. The molecule has 2 rings (SSSR count). The number of hydrogen-bond acceptors (Lipinski definition) is 4. The molecule has 0 saturated carbocycles. The number of nitrogens with zero attached hydrogens (tertiary/aromatic N) is 3. The Kier molecular flexibility index (Phi) is 3.40. The fraction of sp³-hybridized carbons (Fsp3) is 0.667. The zero-order valence-electron chi connectivity index (χ0n) is 11.1. The van der Waals surface area contributed by atoms with E-state index in [1.54, 1.807) is 0 Å². The molecule has 0 amide bonds. The fourth-order valence-electron chi connectivity index (χ4n) is 2.25. The Bertz CT molecular complexity index is 650. The summed E-state index contributed by atoms with van der Waals surface area (Å²) in [7, 11) is -3.01. The molecular weight excluding hydrogens is 286 g/mol. The van der Waals surface area contributed by atoms with Gasteiger partial charge in [0.05, 0.1) is 23.2 Å². The summed E-state index contributed by atoms with van der Waals surface area (Å²) in [5.41, 5.74) is 0.653. The van der Waals surface area contributed by atoms with Gasteiger partial charge in [-0.25, -0.2) is 13.1 Å². The summed E-state index contributed by atoms with van der Waals surface area (Å²) in [6, 6.07) is 1.81. The molecule has 1 aromatic heterocycles. The minimum Gasteiger partial charge on any atom is -0.248 e. The first-order valence-corrected chi connectivity index (χ1v) is 8.24. The van der Waals surface area contributed by atoms with Gasteiger partial charge in [-0.1, -0.05) is 32.4 Å². The van der Waals surface area contributed by atoms with Gasteiger partial charge in [0.2, 0.25) is 0 Å². The Hall–Kier alpha value is -1.06. The molecule has 1 aliphatic heterocycles. The van der Waals surface area contributed by atoms with E-state index in [-0.39, 0.29) is 28.1 Å². The molecule has 0 radical (unpaired) electrons. The zero-order chi connectivity index (χ0) is 14.4. The molecule has 1 saturated heterocycles. The van der Waals surface area contributed by atoms with E-state index in [0.29, 0.717) is 17.7 Å². The van der Waals surface area contributed by atoms with Gasteiger partial charge in [-0.05, 0) is 6.42 Å². The van der Waals surface area contributed by atoms with Crippen molar-refractivity contribution >= 4 is 21.4 Å². The second-order valence-corrected chi connectivity index (χ2v) is 8.46. The molecule has 19 heavy (non-hydrogen) atoms. The van der Waals surface area contributed by atoms with Crippen LogP contribution < -0.4 is 0 Å². The predicted molar refractivity (Wildman–Crippen MR) is 73.0 cm³/mol. The van der Waals surface area contributed by atoms with Crippen LogP contribution >= 0.6 is 11.6 Å². The van der Waals surface area contributed by atoms with Crippen LogP contribution in [-0.4, -0.2) is 29.7 Å². The number of halogens is 1. The second-order valence-electron chi connectivity index (χ2n) is 5.88. The van der Waals surface area contributed by atoms with Crippen molar-refractivity contribution in [2.24, 2.45) is 0 Å². The second kappa shape index (κ2) is 4.50. The van der Waals surface area contributed by atoms with Gasteiger partial charge in [0.1, 0.15) is 16.8 Å². The Morgan fingerprint density at radius 2 is 2.11 bits per heavy atom. The predicted octanol–water partition coefficient (Wildman–Crippen LogP) is 2.07. The highest BCUT2D eigenvalue weighted by Crippen LogP contribution is 2.33. The summed E-state index contributed by atoms with van der Waals surface area (Å²) in [5.74, 6) is 0.198. The van der Waals surface area contributed by atoms with Crippen molar-refractivity contribution in [1.82, 2.24) is 9.78 Å². The molecule has 0 N–H and O–H groups in total. The SMILES string of the molecule is CC(C)(C)c1nn(C2CCS(=O)(=O)C2)c(Cl)c1C#N. The minimum absolute atomic E-state index is 0.0445. The molecule has 1 fully saturated rings. The first-order chi connectivity index (χ1) is 8.65. The topological polar surface area (TPSA) is 75.8 Å². The number of sulfone groups is 1. The van der Waals surface area contributed by atoms with Crippen molar-refractivity contribution in [3.63, 3.8) is 0 Å². The first-order valence-electron chi connectivity index (χ1n) is 6.05. The van der Waals surface area contributed by atoms with Crippen LogP contribution in [0.4, 0.5) is 0 Å². The monoisotopic (exact) mass is 301 g/mol. The molecule has 5 nitrogen and oxygen atoms in total. The number of hydrogen-bond donors (Lipinski definition) is 0. The Morgan fingerprint density at radius 1 is 1.47 bits per heavy atom. The Morgan fingerprint density at radius 3 is 2.47 bits per heavy atom. The lowest BCUT2D eigenvalue weighted by Crippen LogP contribution is -2.16. The van der Waals surface area contributed by atoms with E-state index in [0.717, 1.165) is 0 Å². The van der Waals surface area contributed by atoms with Gasteiger partial charge in [0.25, 0.3) is 0 Å². The fourth-order valence-corrected chi connectivity index (χ4v) is 4.25. The van der Waals surface area contributed by atoms with Crippen LogP contribution in [0.5, 0.6) is 0 Å². The van der Waals surface area contributed by atoms with Crippen LogP contribution in [0.3, 0.4) is 0 Å². The molecule has 1 aliphatic rings. The van der Waals surface area contributed by atoms with Gasteiger partial charge >= 0.3 is 0 Å². The van der Waals surface area contributed by atoms with E-state index in [1.807, 2.05) is 20.8 Å². The average molecular weight is 302 g/mol. The van der Waals surface area contributed by atoms with Crippen LogP contribution in [0.2, 0.25) is 5.15 Å².